The van der Waals surface area contributed by atoms with Gasteiger partial charge in [-0.25, -0.2) is 8.42 Å². The van der Waals surface area contributed by atoms with Crippen LogP contribution in [0.1, 0.15) is 44.9 Å². The van der Waals surface area contributed by atoms with Crippen molar-refractivity contribution < 1.29 is 17.9 Å². The van der Waals surface area contributed by atoms with Crippen molar-refractivity contribution in [1.82, 2.24) is 4.90 Å². The number of morpholine rings is 1. The number of hydrogen-bond acceptors (Lipinski definition) is 4. The lowest BCUT2D eigenvalue weighted by Gasteiger charge is -2.45. The first-order valence-electron chi connectivity index (χ1n) is 8.13. The lowest BCUT2D eigenvalue weighted by molar-refractivity contribution is -0.159. The first-order valence-corrected chi connectivity index (χ1v) is 9.95. The normalized spacial score (nSPS) is 32.0. The molecule has 1 amide bonds. The van der Waals surface area contributed by atoms with Crippen LogP contribution in [0.5, 0.6) is 0 Å². The predicted molar refractivity (Wildman–Crippen MR) is 79.7 cm³/mol. The Hall–Kier alpha value is -0.620. The van der Waals surface area contributed by atoms with Gasteiger partial charge in [-0.05, 0) is 25.7 Å². The lowest BCUT2D eigenvalue weighted by atomic mass is 9.83. The van der Waals surface area contributed by atoms with E-state index in [0.29, 0.717) is 32.5 Å². The highest BCUT2D eigenvalue weighted by Gasteiger charge is 2.41. The fourth-order valence-electron chi connectivity index (χ4n) is 4.01. The van der Waals surface area contributed by atoms with Crippen LogP contribution in [0.15, 0.2) is 0 Å². The fraction of sp³-hybridized carbons (Fsp3) is 0.933. The molecule has 6 heteroatoms. The first-order chi connectivity index (χ1) is 10.00. The van der Waals surface area contributed by atoms with Gasteiger partial charge in [-0.15, -0.1) is 0 Å². The van der Waals surface area contributed by atoms with E-state index in [2.05, 4.69) is 0 Å². The summed E-state index contributed by atoms with van der Waals surface area (Å²) in [4.78, 5) is 14.5. The van der Waals surface area contributed by atoms with Gasteiger partial charge < -0.3 is 9.64 Å². The summed E-state index contributed by atoms with van der Waals surface area (Å²) in [5, 5.41) is 0. The van der Waals surface area contributed by atoms with Gasteiger partial charge >= 0.3 is 0 Å². The number of rotatable bonds is 1. The molecule has 21 heavy (non-hydrogen) atoms. The zero-order valence-corrected chi connectivity index (χ0v) is 13.4. The molecular weight excluding hydrogens is 290 g/mol. The number of amides is 1. The molecule has 1 aliphatic carbocycles. The zero-order valence-electron chi connectivity index (χ0n) is 12.6. The standard InChI is InChI=1S/C15H25NO4S/c17-14(13-5-4-10-21(18,19)11-13)16-8-9-20-15(12-16)6-2-1-3-7-15/h13H,1-12H2/t13-/m1/s1. The summed E-state index contributed by atoms with van der Waals surface area (Å²) in [5.41, 5.74) is -0.153. The molecule has 120 valence electrons. The van der Waals surface area contributed by atoms with Gasteiger partial charge in [0.15, 0.2) is 9.84 Å². The Morgan fingerprint density at radius 3 is 2.62 bits per heavy atom. The second kappa shape index (κ2) is 5.88. The van der Waals surface area contributed by atoms with E-state index in [0.717, 1.165) is 12.8 Å². The fourth-order valence-corrected chi connectivity index (χ4v) is 5.70. The molecule has 3 fully saturated rings. The molecule has 1 saturated carbocycles. The highest BCUT2D eigenvalue weighted by atomic mass is 32.2. The van der Waals surface area contributed by atoms with Crippen molar-refractivity contribution in [2.24, 2.45) is 5.92 Å². The van der Waals surface area contributed by atoms with Crippen molar-refractivity contribution >= 4 is 15.7 Å². The summed E-state index contributed by atoms with van der Waals surface area (Å²) in [7, 11) is -3.03. The predicted octanol–water partition coefficient (Wildman–Crippen LogP) is 1.37. The second-order valence-electron chi connectivity index (χ2n) is 6.81. The maximum Gasteiger partial charge on any atom is 0.226 e. The minimum Gasteiger partial charge on any atom is -0.371 e. The Morgan fingerprint density at radius 1 is 1.14 bits per heavy atom. The van der Waals surface area contributed by atoms with Gasteiger partial charge in [0.2, 0.25) is 5.91 Å². The third-order valence-corrected chi connectivity index (χ3v) is 6.96. The van der Waals surface area contributed by atoms with Gasteiger partial charge in [-0.3, -0.25) is 4.79 Å². The molecule has 3 aliphatic rings. The maximum absolute atomic E-state index is 12.7. The van der Waals surface area contributed by atoms with Gasteiger partial charge in [-0.2, -0.15) is 0 Å². The zero-order chi connectivity index (χ0) is 14.9. The molecule has 0 aromatic carbocycles. The Labute approximate surface area is 126 Å². The average Bonchev–Trinajstić information content (AvgIpc) is 2.46. The van der Waals surface area contributed by atoms with Gasteiger partial charge in [0.1, 0.15) is 0 Å². The minimum absolute atomic E-state index is 0.0338. The van der Waals surface area contributed by atoms with Gasteiger partial charge in [0.25, 0.3) is 0 Å². The van der Waals surface area contributed by atoms with E-state index in [1.54, 1.807) is 0 Å². The van der Waals surface area contributed by atoms with Crippen LogP contribution in [0, 0.1) is 5.92 Å². The van der Waals surface area contributed by atoms with Crippen molar-refractivity contribution in [3.05, 3.63) is 0 Å². The largest absolute Gasteiger partial charge is 0.371 e. The van der Waals surface area contributed by atoms with Crippen molar-refractivity contribution in [3.63, 3.8) is 0 Å². The molecule has 3 rings (SSSR count). The third kappa shape index (κ3) is 3.42. The highest BCUT2D eigenvalue weighted by Crippen LogP contribution is 2.35. The van der Waals surface area contributed by atoms with E-state index in [1.807, 2.05) is 4.90 Å². The maximum atomic E-state index is 12.7. The van der Waals surface area contributed by atoms with Crippen LogP contribution >= 0.6 is 0 Å². The van der Waals surface area contributed by atoms with Crippen LogP contribution in [0.25, 0.3) is 0 Å². The van der Waals surface area contributed by atoms with E-state index in [-0.39, 0.29) is 28.9 Å². The molecule has 0 bridgehead atoms. The van der Waals surface area contributed by atoms with Crippen LogP contribution in [0.4, 0.5) is 0 Å². The van der Waals surface area contributed by atoms with E-state index in [1.165, 1.54) is 19.3 Å². The number of carbonyl (C=O) groups excluding carboxylic acids is 1. The van der Waals surface area contributed by atoms with Gasteiger partial charge in [0, 0.05) is 13.1 Å². The van der Waals surface area contributed by atoms with Crippen molar-refractivity contribution in [1.29, 1.82) is 0 Å². The van der Waals surface area contributed by atoms with Crippen molar-refractivity contribution in [3.8, 4) is 0 Å². The van der Waals surface area contributed by atoms with Crippen molar-refractivity contribution in [2.45, 2.75) is 50.5 Å². The number of carbonyl (C=O) groups is 1. The molecule has 0 aromatic rings. The van der Waals surface area contributed by atoms with E-state index in [9.17, 15) is 13.2 Å². The third-order valence-electron chi connectivity index (χ3n) is 5.14. The lowest BCUT2D eigenvalue weighted by Crippen LogP contribution is -2.56. The Bertz CT molecular complexity index is 490. The number of ether oxygens (including phenoxy) is 1. The molecule has 1 spiro atoms. The smallest absolute Gasteiger partial charge is 0.226 e. The van der Waals surface area contributed by atoms with Gasteiger partial charge in [-0.1, -0.05) is 19.3 Å². The average molecular weight is 315 g/mol. The SMILES string of the molecule is O=C([C@@H]1CCCS(=O)(=O)C1)N1CCOC2(CCCCC2)C1. The summed E-state index contributed by atoms with van der Waals surface area (Å²) in [6.45, 7) is 1.85. The Morgan fingerprint density at radius 2 is 1.90 bits per heavy atom. The minimum atomic E-state index is -3.03. The molecule has 2 saturated heterocycles. The Kier molecular flexibility index (Phi) is 4.28. The number of sulfone groups is 1. The number of hydrogen-bond donors (Lipinski definition) is 0. The molecular formula is C15H25NO4S. The summed E-state index contributed by atoms with van der Waals surface area (Å²) < 4.78 is 29.5. The van der Waals surface area contributed by atoms with Crippen LogP contribution in [-0.4, -0.2) is 56.0 Å². The van der Waals surface area contributed by atoms with Crippen LogP contribution < -0.4 is 0 Å². The summed E-state index contributed by atoms with van der Waals surface area (Å²) >= 11 is 0. The second-order valence-corrected chi connectivity index (χ2v) is 9.03. The molecule has 5 nitrogen and oxygen atoms in total. The summed E-state index contributed by atoms with van der Waals surface area (Å²) in [6, 6.07) is 0. The molecule has 0 radical (unpaired) electrons. The first kappa shape index (κ1) is 15.3. The molecule has 0 aromatic heterocycles. The topological polar surface area (TPSA) is 63.7 Å². The van der Waals surface area contributed by atoms with Crippen LogP contribution in [0.2, 0.25) is 0 Å². The summed E-state index contributed by atoms with van der Waals surface area (Å²) in [5.74, 6) is -0.0194. The van der Waals surface area contributed by atoms with E-state index < -0.39 is 9.84 Å². The molecule has 0 unspecified atom stereocenters. The van der Waals surface area contributed by atoms with Crippen LogP contribution in [0.3, 0.4) is 0 Å². The van der Waals surface area contributed by atoms with Crippen LogP contribution in [-0.2, 0) is 19.4 Å². The number of nitrogens with zero attached hydrogens (tertiary/aromatic N) is 1. The molecule has 0 N–H and O–H groups in total. The highest BCUT2D eigenvalue weighted by molar-refractivity contribution is 7.91. The van der Waals surface area contributed by atoms with E-state index in [4.69, 9.17) is 4.74 Å². The summed E-state index contributed by atoms with van der Waals surface area (Å²) in [6.07, 6.45) is 6.97. The monoisotopic (exact) mass is 315 g/mol. The molecule has 2 aliphatic heterocycles. The molecule has 1 atom stereocenters. The van der Waals surface area contributed by atoms with E-state index >= 15 is 0 Å². The Balaban J connectivity index is 1.66. The molecule has 2 heterocycles. The van der Waals surface area contributed by atoms with Crippen molar-refractivity contribution in [2.75, 3.05) is 31.2 Å². The quantitative estimate of drug-likeness (QED) is 0.733. The van der Waals surface area contributed by atoms with Gasteiger partial charge in [0.05, 0.1) is 29.6 Å².